The summed E-state index contributed by atoms with van der Waals surface area (Å²) < 4.78 is 7.68. The number of hydrogen-bond acceptors (Lipinski definition) is 4. The summed E-state index contributed by atoms with van der Waals surface area (Å²) in [6.07, 6.45) is 5.92. The molecule has 0 aliphatic carbocycles. The van der Waals surface area contributed by atoms with Crippen LogP contribution in [0.25, 0.3) is 0 Å². The smallest absolute Gasteiger partial charge is 0.138 e. The van der Waals surface area contributed by atoms with Gasteiger partial charge in [0.05, 0.1) is 6.10 Å². The minimum Gasteiger partial charge on any atom is -0.378 e. The lowest BCUT2D eigenvalue weighted by Gasteiger charge is -2.23. The predicted molar refractivity (Wildman–Crippen MR) is 70.1 cm³/mol. The molecular weight excluding hydrogens is 228 g/mol. The van der Waals surface area contributed by atoms with E-state index in [2.05, 4.69) is 23.9 Å². The fourth-order valence-electron chi connectivity index (χ4n) is 2.78. The second kappa shape index (κ2) is 6.29. The molecule has 0 amide bonds. The highest BCUT2D eigenvalue weighted by Crippen LogP contribution is 2.26. The molecule has 0 bridgehead atoms. The molecule has 102 valence electrons. The lowest BCUT2D eigenvalue weighted by molar-refractivity contribution is 0.0811. The fraction of sp³-hybridized carbons (Fsp3) is 0.846. The maximum atomic E-state index is 6.34. The van der Waals surface area contributed by atoms with Gasteiger partial charge in [0.1, 0.15) is 12.2 Å². The molecule has 1 aromatic rings. The van der Waals surface area contributed by atoms with E-state index in [1.54, 1.807) is 6.33 Å². The molecule has 0 aromatic carbocycles. The zero-order chi connectivity index (χ0) is 13.0. The highest BCUT2D eigenvalue weighted by molar-refractivity contribution is 4.94. The first-order chi connectivity index (χ1) is 8.76. The minimum atomic E-state index is 0.122. The van der Waals surface area contributed by atoms with Crippen molar-refractivity contribution in [3.05, 3.63) is 12.2 Å². The number of nitrogens with two attached hydrogens (primary N) is 1. The second-order valence-corrected chi connectivity index (χ2v) is 5.04. The molecule has 0 radical (unpaired) electrons. The second-order valence-electron chi connectivity index (χ2n) is 5.04. The Hall–Kier alpha value is -0.940. The molecule has 3 unspecified atom stereocenters. The summed E-state index contributed by atoms with van der Waals surface area (Å²) in [7, 11) is 0. The lowest BCUT2D eigenvalue weighted by Crippen LogP contribution is -2.37. The van der Waals surface area contributed by atoms with Crippen LogP contribution in [0.3, 0.4) is 0 Å². The normalized spacial score (nSPS) is 25.5. The van der Waals surface area contributed by atoms with Crippen LogP contribution < -0.4 is 5.73 Å². The van der Waals surface area contributed by atoms with E-state index in [0.717, 1.165) is 44.7 Å². The molecule has 18 heavy (non-hydrogen) atoms. The zero-order valence-corrected chi connectivity index (χ0v) is 11.4. The first-order valence-corrected chi connectivity index (χ1v) is 7.00. The molecule has 1 saturated heterocycles. The van der Waals surface area contributed by atoms with Crippen LogP contribution in [0.15, 0.2) is 6.33 Å². The van der Waals surface area contributed by atoms with Crippen molar-refractivity contribution in [2.45, 2.75) is 58.2 Å². The molecular formula is C13H24N4O. The first kappa shape index (κ1) is 13.5. The Morgan fingerprint density at radius 1 is 1.56 bits per heavy atom. The Morgan fingerprint density at radius 2 is 2.39 bits per heavy atom. The van der Waals surface area contributed by atoms with Crippen molar-refractivity contribution in [1.82, 2.24) is 14.8 Å². The SMILES string of the molecule is CCCn1ncnc1CC(N)C1CCOC1CC. The number of aromatic nitrogens is 3. The van der Waals surface area contributed by atoms with Gasteiger partial charge >= 0.3 is 0 Å². The van der Waals surface area contributed by atoms with Gasteiger partial charge in [-0.3, -0.25) is 4.68 Å². The Kier molecular flexibility index (Phi) is 4.72. The minimum absolute atomic E-state index is 0.122. The van der Waals surface area contributed by atoms with Gasteiger partial charge in [0.2, 0.25) is 0 Å². The molecule has 1 aliphatic rings. The summed E-state index contributed by atoms with van der Waals surface area (Å²) in [5, 5.41) is 4.24. The van der Waals surface area contributed by atoms with Gasteiger partial charge in [0, 0.05) is 31.5 Å². The summed E-state index contributed by atoms with van der Waals surface area (Å²) in [4.78, 5) is 4.33. The van der Waals surface area contributed by atoms with E-state index in [1.807, 2.05) is 4.68 Å². The third-order valence-electron chi connectivity index (χ3n) is 3.76. The van der Waals surface area contributed by atoms with E-state index >= 15 is 0 Å². The van der Waals surface area contributed by atoms with Crippen molar-refractivity contribution >= 4 is 0 Å². The van der Waals surface area contributed by atoms with Crippen molar-refractivity contribution in [2.75, 3.05) is 6.61 Å². The van der Waals surface area contributed by atoms with Gasteiger partial charge < -0.3 is 10.5 Å². The fourth-order valence-corrected chi connectivity index (χ4v) is 2.78. The Bertz CT molecular complexity index is 366. The summed E-state index contributed by atoms with van der Waals surface area (Å²) in [5.41, 5.74) is 6.34. The van der Waals surface area contributed by atoms with E-state index in [4.69, 9.17) is 10.5 Å². The lowest BCUT2D eigenvalue weighted by atomic mass is 9.90. The molecule has 5 heteroatoms. The average molecular weight is 252 g/mol. The van der Waals surface area contributed by atoms with Crippen LogP contribution in [-0.2, 0) is 17.7 Å². The first-order valence-electron chi connectivity index (χ1n) is 7.00. The molecule has 0 saturated carbocycles. The van der Waals surface area contributed by atoms with Gasteiger partial charge in [0.15, 0.2) is 0 Å². The molecule has 1 aliphatic heterocycles. The number of ether oxygens (including phenoxy) is 1. The topological polar surface area (TPSA) is 66.0 Å². The van der Waals surface area contributed by atoms with Gasteiger partial charge in [0.25, 0.3) is 0 Å². The van der Waals surface area contributed by atoms with E-state index in [-0.39, 0.29) is 6.04 Å². The van der Waals surface area contributed by atoms with E-state index in [9.17, 15) is 0 Å². The molecule has 2 N–H and O–H groups in total. The van der Waals surface area contributed by atoms with Crippen LogP contribution in [0.2, 0.25) is 0 Å². The quantitative estimate of drug-likeness (QED) is 0.830. The van der Waals surface area contributed by atoms with Crippen molar-refractivity contribution in [1.29, 1.82) is 0 Å². The predicted octanol–water partition coefficient (Wildman–Crippen LogP) is 1.37. The van der Waals surface area contributed by atoms with Crippen molar-refractivity contribution in [2.24, 2.45) is 11.7 Å². The number of aryl methyl sites for hydroxylation is 1. The third kappa shape index (κ3) is 2.90. The van der Waals surface area contributed by atoms with Gasteiger partial charge in [-0.15, -0.1) is 0 Å². The zero-order valence-electron chi connectivity index (χ0n) is 11.4. The maximum Gasteiger partial charge on any atom is 0.138 e. The summed E-state index contributed by atoms with van der Waals surface area (Å²) >= 11 is 0. The Labute approximate surface area is 109 Å². The largest absolute Gasteiger partial charge is 0.378 e. The van der Waals surface area contributed by atoms with Crippen LogP contribution in [0, 0.1) is 5.92 Å². The summed E-state index contributed by atoms with van der Waals surface area (Å²) in [6.45, 7) is 6.07. The van der Waals surface area contributed by atoms with Gasteiger partial charge in [-0.05, 0) is 19.3 Å². The standard InChI is InChI=1S/C13H24N4O/c1-3-6-17-13(15-9-16-17)8-11(14)10-5-7-18-12(10)4-2/h9-12H,3-8,14H2,1-2H3. The third-order valence-corrected chi connectivity index (χ3v) is 3.76. The highest BCUT2D eigenvalue weighted by atomic mass is 16.5. The van der Waals surface area contributed by atoms with Crippen LogP contribution in [-0.4, -0.2) is 33.5 Å². The molecule has 2 heterocycles. The number of hydrogen-bond donors (Lipinski definition) is 1. The van der Waals surface area contributed by atoms with Crippen LogP contribution in [0.4, 0.5) is 0 Å². The summed E-state index contributed by atoms with van der Waals surface area (Å²) in [6, 6.07) is 0.122. The van der Waals surface area contributed by atoms with Gasteiger partial charge in [-0.1, -0.05) is 13.8 Å². The Balaban J connectivity index is 1.97. The van der Waals surface area contributed by atoms with Crippen LogP contribution in [0.5, 0.6) is 0 Å². The van der Waals surface area contributed by atoms with Gasteiger partial charge in [-0.25, -0.2) is 4.98 Å². The number of nitrogens with zero attached hydrogens (tertiary/aromatic N) is 3. The summed E-state index contributed by atoms with van der Waals surface area (Å²) in [5.74, 6) is 1.47. The molecule has 2 rings (SSSR count). The molecule has 3 atom stereocenters. The van der Waals surface area contributed by atoms with Crippen LogP contribution in [0.1, 0.15) is 38.9 Å². The molecule has 1 aromatic heterocycles. The van der Waals surface area contributed by atoms with E-state index in [0.29, 0.717) is 12.0 Å². The van der Waals surface area contributed by atoms with Crippen molar-refractivity contribution in [3.8, 4) is 0 Å². The van der Waals surface area contributed by atoms with E-state index < -0.39 is 0 Å². The molecule has 0 spiro atoms. The van der Waals surface area contributed by atoms with Crippen LogP contribution >= 0.6 is 0 Å². The molecule has 1 fully saturated rings. The van der Waals surface area contributed by atoms with E-state index in [1.165, 1.54) is 0 Å². The highest BCUT2D eigenvalue weighted by Gasteiger charge is 2.32. The van der Waals surface area contributed by atoms with Crippen molar-refractivity contribution in [3.63, 3.8) is 0 Å². The number of rotatable bonds is 6. The Morgan fingerprint density at radius 3 is 3.11 bits per heavy atom. The molecule has 5 nitrogen and oxygen atoms in total. The maximum absolute atomic E-state index is 6.34. The average Bonchev–Trinajstić information content (AvgIpc) is 2.98. The monoisotopic (exact) mass is 252 g/mol. The van der Waals surface area contributed by atoms with Gasteiger partial charge in [-0.2, -0.15) is 5.10 Å². The van der Waals surface area contributed by atoms with Crippen molar-refractivity contribution < 1.29 is 4.74 Å².